The molecule has 1 aromatic heterocycles. The number of nitrogens with zero attached hydrogens (tertiary/aromatic N) is 2. The lowest BCUT2D eigenvalue weighted by atomic mass is 10.1. The van der Waals surface area contributed by atoms with Gasteiger partial charge in [-0.15, -0.1) is 0 Å². The van der Waals surface area contributed by atoms with Crippen molar-refractivity contribution in [2.24, 2.45) is 0 Å². The number of imide groups is 1. The van der Waals surface area contributed by atoms with E-state index in [-0.39, 0.29) is 18.4 Å². The van der Waals surface area contributed by atoms with Crippen LogP contribution in [0.4, 0.5) is 0 Å². The molecule has 0 unspecified atom stereocenters. The van der Waals surface area contributed by atoms with Crippen molar-refractivity contribution < 1.29 is 9.59 Å². The number of fused-ring (bicyclic) bond motifs is 2. The number of carbonyl (C=O) groups excluding carboxylic acids is 2. The number of pyridine rings is 1. The molecule has 4 rings (SSSR count). The fraction of sp³-hybridized carbons (Fsp3) is 0.105. The molecule has 23 heavy (non-hydrogen) atoms. The lowest BCUT2D eigenvalue weighted by Gasteiger charge is -2.15. The Morgan fingerprint density at radius 3 is 2.35 bits per heavy atom. The molecule has 2 heterocycles. The molecule has 4 nitrogen and oxygen atoms in total. The molecule has 0 spiro atoms. The maximum absolute atomic E-state index is 12.5. The van der Waals surface area contributed by atoms with Gasteiger partial charge in [0.15, 0.2) is 0 Å². The monoisotopic (exact) mass is 302 g/mol. The standard InChI is InChI=1S/C19H14N2O2/c1-12-9-13-5-4-6-14(17(13)20-10-12)11-21-18(22)15-7-2-3-8-16(15)19(21)23/h2-10H,11H2,1H3. The highest BCUT2D eigenvalue weighted by atomic mass is 16.2. The Hall–Kier alpha value is -3.01. The number of amides is 2. The van der Waals surface area contributed by atoms with Gasteiger partial charge in [-0.1, -0.05) is 30.3 Å². The van der Waals surface area contributed by atoms with E-state index in [1.54, 1.807) is 30.5 Å². The fourth-order valence-corrected chi connectivity index (χ4v) is 3.01. The number of aromatic nitrogens is 1. The van der Waals surface area contributed by atoms with Crippen molar-refractivity contribution in [3.63, 3.8) is 0 Å². The summed E-state index contributed by atoms with van der Waals surface area (Å²) < 4.78 is 0. The molecule has 1 aliphatic rings. The van der Waals surface area contributed by atoms with Crippen LogP contribution in [0.1, 0.15) is 31.8 Å². The maximum atomic E-state index is 12.5. The predicted molar refractivity (Wildman–Crippen MR) is 87.1 cm³/mol. The van der Waals surface area contributed by atoms with Crippen molar-refractivity contribution >= 4 is 22.7 Å². The summed E-state index contributed by atoms with van der Waals surface area (Å²) in [6.45, 7) is 2.23. The van der Waals surface area contributed by atoms with Crippen molar-refractivity contribution in [1.82, 2.24) is 9.88 Å². The first-order chi connectivity index (χ1) is 11.1. The van der Waals surface area contributed by atoms with Gasteiger partial charge in [0.25, 0.3) is 11.8 Å². The zero-order valence-corrected chi connectivity index (χ0v) is 12.6. The lowest BCUT2D eigenvalue weighted by molar-refractivity contribution is 0.0643. The van der Waals surface area contributed by atoms with Gasteiger partial charge in [-0.2, -0.15) is 0 Å². The van der Waals surface area contributed by atoms with Crippen LogP contribution in [-0.2, 0) is 6.54 Å². The first-order valence-electron chi connectivity index (χ1n) is 7.44. The summed E-state index contributed by atoms with van der Waals surface area (Å²) >= 11 is 0. The average Bonchev–Trinajstić information content (AvgIpc) is 2.80. The number of benzene rings is 2. The Bertz CT molecular complexity index is 927. The van der Waals surface area contributed by atoms with Crippen molar-refractivity contribution in [2.75, 3.05) is 0 Å². The zero-order valence-electron chi connectivity index (χ0n) is 12.6. The number of carbonyl (C=O) groups is 2. The van der Waals surface area contributed by atoms with E-state index in [1.807, 2.05) is 31.2 Å². The Morgan fingerprint density at radius 1 is 0.957 bits per heavy atom. The van der Waals surface area contributed by atoms with Crippen molar-refractivity contribution in [3.8, 4) is 0 Å². The number of hydrogen-bond acceptors (Lipinski definition) is 3. The molecule has 0 N–H and O–H groups in total. The largest absolute Gasteiger partial charge is 0.270 e. The van der Waals surface area contributed by atoms with Gasteiger partial charge in [-0.25, -0.2) is 0 Å². The number of hydrogen-bond donors (Lipinski definition) is 0. The third-order valence-electron chi connectivity index (χ3n) is 4.14. The van der Waals surface area contributed by atoms with Gasteiger partial charge in [-0.05, 0) is 36.2 Å². The van der Waals surface area contributed by atoms with E-state index in [4.69, 9.17) is 0 Å². The highest BCUT2D eigenvalue weighted by Gasteiger charge is 2.35. The Balaban J connectivity index is 1.75. The van der Waals surface area contributed by atoms with Gasteiger partial charge in [0.1, 0.15) is 0 Å². The van der Waals surface area contributed by atoms with Crippen molar-refractivity contribution in [1.29, 1.82) is 0 Å². The minimum Gasteiger partial charge on any atom is -0.270 e. The predicted octanol–water partition coefficient (Wildman–Crippen LogP) is 3.34. The first kappa shape index (κ1) is 13.6. The minimum absolute atomic E-state index is 0.236. The quantitative estimate of drug-likeness (QED) is 0.682. The second kappa shape index (κ2) is 5.02. The summed E-state index contributed by atoms with van der Waals surface area (Å²) in [6.07, 6.45) is 1.80. The summed E-state index contributed by atoms with van der Waals surface area (Å²) in [4.78, 5) is 30.7. The van der Waals surface area contributed by atoms with Crippen LogP contribution in [-0.4, -0.2) is 21.7 Å². The summed E-state index contributed by atoms with van der Waals surface area (Å²) in [7, 11) is 0. The Morgan fingerprint density at radius 2 is 1.65 bits per heavy atom. The second-order valence-corrected chi connectivity index (χ2v) is 5.74. The van der Waals surface area contributed by atoms with Crippen LogP contribution in [0.15, 0.2) is 54.7 Å². The SMILES string of the molecule is Cc1cnc2c(CN3C(=O)c4ccccc4C3=O)cccc2c1. The summed E-state index contributed by atoms with van der Waals surface area (Å²) in [5, 5.41) is 1.01. The van der Waals surface area contributed by atoms with Crippen LogP contribution in [0.5, 0.6) is 0 Å². The van der Waals surface area contributed by atoms with Gasteiger partial charge >= 0.3 is 0 Å². The van der Waals surface area contributed by atoms with E-state index >= 15 is 0 Å². The lowest BCUT2D eigenvalue weighted by Crippen LogP contribution is -2.29. The normalized spacial score (nSPS) is 13.7. The average molecular weight is 302 g/mol. The van der Waals surface area contributed by atoms with Gasteiger partial charge in [0.05, 0.1) is 23.2 Å². The topological polar surface area (TPSA) is 50.3 Å². The van der Waals surface area contributed by atoms with Crippen LogP contribution in [0, 0.1) is 6.92 Å². The summed E-state index contributed by atoms with van der Waals surface area (Å²) in [5.41, 5.74) is 3.73. The molecule has 0 atom stereocenters. The molecule has 3 aromatic rings. The fourth-order valence-electron chi connectivity index (χ4n) is 3.01. The molecule has 112 valence electrons. The van der Waals surface area contributed by atoms with Crippen molar-refractivity contribution in [3.05, 3.63) is 77.0 Å². The third-order valence-corrected chi connectivity index (χ3v) is 4.14. The zero-order chi connectivity index (χ0) is 16.0. The minimum atomic E-state index is -0.241. The van der Waals surface area contributed by atoms with Gasteiger partial charge in [-0.3, -0.25) is 19.5 Å². The third kappa shape index (κ3) is 2.11. The molecular formula is C19H14N2O2. The highest BCUT2D eigenvalue weighted by Crippen LogP contribution is 2.26. The number of para-hydroxylation sites is 1. The van der Waals surface area contributed by atoms with Crippen LogP contribution < -0.4 is 0 Å². The highest BCUT2D eigenvalue weighted by molar-refractivity contribution is 6.21. The van der Waals surface area contributed by atoms with E-state index in [2.05, 4.69) is 4.98 Å². The smallest absolute Gasteiger partial charge is 0.261 e. The van der Waals surface area contributed by atoms with Gasteiger partial charge in [0, 0.05) is 11.6 Å². The molecule has 0 aliphatic carbocycles. The van der Waals surface area contributed by atoms with Gasteiger partial charge in [0.2, 0.25) is 0 Å². The number of rotatable bonds is 2. The Labute approximate surface area is 133 Å². The maximum Gasteiger partial charge on any atom is 0.261 e. The molecule has 4 heteroatoms. The molecule has 0 saturated heterocycles. The molecular weight excluding hydrogens is 288 g/mol. The summed E-state index contributed by atoms with van der Waals surface area (Å²) in [5.74, 6) is -0.482. The molecule has 0 radical (unpaired) electrons. The van der Waals surface area contributed by atoms with E-state index < -0.39 is 0 Å². The summed E-state index contributed by atoms with van der Waals surface area (Å²) in [6, 6.07) is 14.8. The molecule has 0 bridgehead atoms. The molecule has 0 fully saturated rings. The van der Waals surface area contributed by atoms with Crippen molar-refractivity contribution in [2.45, 2.75) is 13.5 Å². The van der Waals surface area contributed by atoms with Crippen LogP contribution in [0.3, 0.4) is 0 Å². The van der Waals surface area contributed by atoms with Gasteiger partial charge < -0.3 is 0 Å². The molecule has 2 amide bonds. The molecule has 0 saturated carbocycles. The van der Waals surface area contributed by atoms with E-state index in [9.17, 15) is 9.59 Å². The van der Waals surface area contributed by atoms with Crippen LogP contribution >= 0.6 is 0 Å². The first-order valence-corrected chi connectivity index (χ1v) is 7.44. The number of aryl methyl sites for hydroxylation is 1. The van der Waals surface area contributed by atoms with E-state index in [0.717, 1.165) is 22.0 Å². The van der Waals surface area contributed by atoms with E-state index in [0.29, 0.717) is 11.1 Å². The second-order valence-electron chi connectivity index (χ2n) is 5.74. The van der Waals surface area contributed by atoms with Crippen LogP contribution in [0.2, 0.25) is 0 Å². The van der Waals surface area contributed by atoms with Crippen LogP contribution in [0.25, 0.3) is 10.9 Å². The Kier molecular flexibility index (Phi) is 2.98. The van der Waals surface area contributed by atoms with E-state index in [1.165, 1.54) is 4.90 Å². The molecule has 2 aromatic carbocycles. The molecule has 1 aliphatic heterocycles.